The third-order valence-corrected chi connectivity index (χ3v) is 2.87. The van der Waals surface area contributed by atoms with Crippen molar-refractivity contribution in [3.05, 3.63) is 48.0 Å². The van der Waals surface area contributed by atoms with Crippen LogP contribution < -0.4 is 5.73 Å². The molecule has 0 aromatic carbocycles. The first-order valence-corrected chi connectivity index (χ1v) is 5.52. The zero-order chi connectivity index (χ0) is 12.4. The summed E-state index contributed by atoms with van der Waals surface area (Å²) in [6.07, 6.45) is 11.4. The minimum atomic E-state index is -0.873. The molecule has 4 nitrogen and oxygen atoms in total. The molecule has 0 saturated heterocycles. The topological polar surface area (TPSA) is 63.4 Å². The third kappa shape index (κ3) is 1.93. The molecule has 0 aromatic heterocycles. The Bertz CT molecular complexity index is 484. The molecule has 17 heavy (non-hydrogen) atoms. The van der Waals surface area contributed by atoms with Crippen LogP contribution in [0.1, 0.15) is 13.3 Å². The van der Waals surface area contributed by atoms with E-state index in [0.29, 0.717) is 17.7 Å². The Kier molecular flexibility index (Phi) is 2.95. The average Bonchev–Trinajstić information content (AvgIpc) is 2.52. The molecule has 1 atom stereocenters. The standard InChI is InChI=1S/C13H14N2O2/c1-2-9-8-15-7-5-3-4-6-10(15)11(12(9)16)13(14)17/h3-8,11H,2H2,1H3,(H2,14,17). The van der Waals surface area contributed by atoms with E-state index in [0.717, 1.165) is 0 Å². The number of rotatable bonds is 2. The molecule has 2 rings (SSSR count). The van der Waals surface area contributed by atoms with Crippen LogP contribution in [0.15, 0.2) is 48.0 Å². The van der Waals surface area contributed by atoms with Crippen LogP contribution in [0.25, 0.3) is 0 Å². The molecular formula is C13H14N2O2. The number of carbonyl (C=O) groups excluding carboxylic acids is 2. The number of nitrogens with two attached hydrogens (primary N) is 1. The van der Waals surface area contributed by atoms with Gasteiger partial charge in [0, 0.05) is 23.7 Å². The highest BCUT2D eigenvalue weighted by Gasteiger charge is 2.36. The van der Waals surface area contributed by atoms with Gasteiger partial charge in [0.25, 0.3) is 0 Å². The van der Waals surface area contributed by atoms with E-state index in [1.165, 1.54) is 0 Å². The van der Waals surface area contributed by atoms with Crippen LogP contribution in [0.3, 0.4) is 0 Å². The minimum Gasteiger partial charge on any atom is -0.369 e. The molecule has 0 aliphatic carbocycles. The SMILES string of the molecule is CCC1=CN2C=CC=CC=C2C(C(N)=O)C1=O. The average molecular weight is 230 g/mol. The summed E-state index contributed by atoms with van der Waals surface area (Å²) in [6, 6.07) is 0. The summed E-state index contributed by atoms with van der Waals surface area (Å²) < 4.78 is 0. The van der Waals surface area contributed by atoms with Crippen molar-refractivity contribution in [3.63, 3.8) is 0 Å². The molecule has 0 radical (unpaired) electrons. The van der Waals surface area contributed by atoms with Crippen LogP contribution in [0.2, 0.25) is 0 Å². The zero-order valence-electron chi connectivity index (χ0n) is 9.59. The summed E-state index contributed by atoms with van der Waals surface area (Å²) in [6.45, 7) is 1.89. The summed E-state index contributed by atoms with van der Waals surface area (Å²) >= 11 is 0. The number of nitrogens with zero attached hydrogens (tertiary/aromatic N) is 1. The van der Waals surface area contributed by atoms with Gasteiger partial charge in [0.2, 0.25) is 5.91 Å². The molecule has 1 amide bonds. The van der Waals surface area contributed by atoms with Gasteiger partial charge in [-0.1, -0.05) is 19.1 Å². The van der Waals surface area contributed by atoms with Gasteiger partial charge in [-0.3, -0.25) is 9.59 Å². The summed E-state index contributed by atoms with van der Waals surface area (Å²) in [5.41, 5.74) is 6.57. The molecule has 0 aromatic rings. The van der Waals surface area contributed by atoms with E-state index in [1.807, 2.05) is 25.3 Å². The Morgan fingerprint density at radius 1 is 1.41 bits per heavy atom. The first-order valence-electron chi connectivity index (χ1n) is 5.52. The van der Waals surface area contributed by atoms with Gasteiger partial charge in [0.15, 0.2) is 5.78 Å². The van der Waals surface area contributed by atoms with E-state index in [1.54, 1.807) is 23.3 Å². The van der Waals surface area contributed by atoms with Crippen molar-refractivity contribution >= 4 is 11.7 Å². The third-order valence-electron chi connectivity index (χ3n) is 2.87. The molecular weight excluding hydrogens is 216 g/mol. The van der Waals surface area contributed by atoms with Crippen molar-refractivity contribution in [2.24, 2.45) is 11.7 Å². The van der Waals surface area contributed by atoms with Gasteiger partial charge < -0.3 is 10.6 Å². The number of primary amides is 1. The lowest BCUT2D eigenvalue weighted by Crippen LogP contribution is -2.39. The van der Waals surface area contributed by atoms with E-state index in [2.05, 4.69) is 0 Å². The second-order valence-electron chi connectivity index (χ2n) is 3.93. The summed E-state index contributed by atoms with van der Waals surface area (Å²) in [5.74, 6) is -1.66. The quantitative estimate of drug-likeness (QED) is 0.726. The van der Waals surface area contributed by atoms with Crippen LogP contribution in [-0.4, -0.2) is 16.6 Å². The lowest BCUT2D eigenvalue weighted by Gasteiger charge is -2.30. The Balaban J connectivity index is 2.53. The maximum Gasteiger partial charge on any atom is 0.234 e. The van der Waals surface area contributed by atoms with E-state index < -0.39 is 11.8 Å². The summed E-state index contributed by atoms with van der Waals surface area (Å²) in [5, 5.41) is 0. The number of hydrogen-bond acceptors (Lipinski definition) is 3. The molecule has 2 aliphatic rings. The molecule has 1 unspecified atom stereocenters. The highest BCUT2D eigenvalue weighted by molar-refractivity contribution is 6.12. The van der Waals surface area contributed by atoms with Gasteiger partial charge in [-0.15, -0.1) is 0 Å². The molecule has 0 fully saturated rings. The number of carbonyl (C=O) groups is 2. The van der Waals surface area contributed by atoms with Crippen LogP contribution in [0.5, 0.6) is 0 Å². The van der Waals surface area contributed by atoms with Gasteiger partial charge in [-0.05, 0) is 18.6 Å². The predicted molar refractivity (Wildman–Crippen MR) is 64.3 cm³/mol. The predicted octanol–water partition coefficient (Wildman–Crippen LogP) is 1.23. The molecule has 2 N–H and O–H groups in total. The smallest absolute Gasteiger partial charge is 0.234 e. The normalized spacial score (nSPS) is 22.8. The van der Waals surface area contributed by atoms with Gasteiger partial charge in [0.05, 0.1) is 0 Å². The fraction of sp³-hybridized carbons (Fsp3) is 0.231. The highest BCUT2D eigenvalue weighted by atomic mass is 16.2. The van der Waals surface area contributed by atoms with E-state index in [-0.39, 0.29) is 5.78 Å². The minimum absolute atomic E-state index is 0.189. The number of hydrogen-bond donors (Lipinski definition) is 1. The Morgan fingerprint density at radius 3 is 2.82 bits per heavy atom. The number of amides is 1. The van der Waals surface area contributed by atoms with E-state index in [9.17, 15) is 9.59 Å². The second-order valence-corrected chi connectivity index (χ2v) is 3.93. The first kappa shape index (κ1) is 11.4. The maximum absolute atomic E-state index is 12.1. The largest absolute Gasteiger partial charge is 0.369 e. The van der Waals surface area contributed by atoms with Gasteiger partial charge in [-0.2, -0.15) is 0 Å². The van der Waals surface area contributed by atoms with Gasteiger partial charge >= 0.3 is 0 Å². The molecule has 4 heteroatoms. The number of ketones is 1. The van der Waals surface area contributed by atoms with E-state index in [4.69, 9.17) is 5.73 Å². The lowest BCUT2D eigenvalue weighted by atomic mass is 9.89. The van der Waals surface area contributed by atoms with E-state index >= 15 is 0 Å². The number of allylic oxidation sites excluding steroid dienone is 5. The van der Waals surface area contributed by atoms with Crippen molar-refractivity contribution in [1.82, 2.24) is 4.90 Å². The Hall–Kier alpha value is -2.10. The van der Waals surface area contributed by atoms with Crippen LogP contribution in [-0.2, 0) is 9.59 Å². The van der Waals surface area contributed by atoms with Crippen molar-refractivity contribution in [2.75, 3.05) is 0 Å². The second kappa shape index (κ2) is 4.41. The molecule has 2 heterocycles. The lowest BCUT2D eigenvalue weighted by molar-refractivity contribution is -0.129. The van der Waals surface area contributed by atoms with Crippen LogP contribution in [0, 0.1) is 5.92 Å². The fourth-order valence-corrected chi connectivity index (χ4v) is 1.99. The van der Waals surface area contributed by atoms with Crippen molar-refractivity contribution < 1.29 is 9.59 Å². The van der Waals surface area contributed by atoms with Crippen LogP contribution >= 0.6 is 0 Å². The summed E-state index contributed by atoms with van der Waals surface area (Å²) in [4.78, 5) is 25.3. The number of fused-ring (bicyclic) bond motifs is 1. The Morgan fingerprint density at radius 2 is 2.18 bits per heavy atom. The molecule has 2 aliphatic heterocycles. The van der Waals surface area contributed by atoms with Crippen LogP contribution in [0.4, 0.5) is 0 Å². The van der Waals surface area contributed by atoms with Crippen molar-refractivity contribution in [2.45, 2.75) is 13.3 Å². The first-order chi connectivity index (χ1) is 8.15. The highest BCUT2D eigenvalue weighted by Crippen LogP contribution is 2.29. The van der Waals surface area contributed by atoms with Crippen molar-refractivity contribution in [1.29, 1.82) is 0 Å². The van der Waals surface area contributed by atoms with Gasteiger partial charge in [0.1, 0.15) is 5.92 Å². The Labute approximate surface area is 99.8 Å². The fourth-order valence-electron chi connectivity index (χ4n) is 1.99. The molecule has 0 spiro atoms. The van der Waals surface area contributed by atoms with Crippen molar-refractivity contribution in [3.8, 4) is 0 Å². The number of Topliss-reactive ketones (excluding diaryl/α,β-unsaturated/α-hetero) is 1. The zero-order valence-corrected chi connectivity index (χ0v) is 9.59. The molecule has 0 saturated carbocycles. The molecule has 0 bridgehead atoms. The van der Waals surface area contributed by atoms with Gasteiger partial charge in [-0.25, -0.2) is 0 Å². The monoisotopic (exact) mass is 230 g/mol. The molecule has 88 valence electrons. The summed E-state index contributed by atoms with van der Waals surface area (Å²) in [7, 11) is 0. The maximum atomic E-state index is 12.1.